The normalized spacial score (nSPS) is 15.7. The predicted octanol–water partition coefficient (Wildman–Crippen LogP) is 6.72. The van der Waals surface area contributed by atoms with E-state index in [0.717, 1.165) is 89.8 Å². The van der Waals surface area contributed by atoms with Crippen molar-refractivity contribution < 1.29 is 9.53 Å². The molecule has 2 fully saturated rings. The number of carbonyl (C=O) groups excluding carboxylic acids is 1. The molecule has 2 aliphatic rings. The van der Waals surface area contributed by atoms with Gasteiger partial charge in [-0.2, -0.15) is 5.10 Å². The second-order valence-corrected chi connectivity index (χ2v) is 11.3. The number of anilines is 2. The number of aromatic nitrogens is 3. The van der Waals surface area contributed by atoms with E-state index in [9.17, 15) is 4.79 Å². The highest BCUT2D eigenvalue weighted by Crippen LogP contribution is 2.34. The molecule has 8 heteroatoms. The van der Waals surface area contributed by atoms with E-state index in [4.69, 9.17) is 14.7 Å². The van der Waals surface area contributed by atoms with Gasteiger partial charge in [-0.05, 0) is 80.5 Å². The molecule has 1 aliphatic heterocycles. The SMILES string of the molecule is C=C(N=C(CCC)C1CC1)c1ccc(C)c(NC(=O)c2cnn3ccc(-c4ccc(N5CCOCC5)nc4C)cc23)c1. The lowest BCUT2D eigenvalue weighted by Crippen LogP contribution is -2.36. The predicted molar refractivity (Wildman–Crippen MR) is 169 cm³/mol. The smallest absolute Gasteiger partial charge is 0.259 e. The summed E-state index contributed by atoms with van der Waals surface area (Å²) in [6, 6.07) is 14.2. The Morgan fingerprint density at radius 1 is 1.12 bits per heavy atom. The zero-order chi connectivity index (χ0) is 29.2. The molecule has 42 heavy (non-hydrogen) atoms. The van der Waals surface area contributed by atoms with E-state index >= 15 is 0 Å². The number of nitrogens with one attached hydrogen (secondary N) is 1. The highest BCUT2D eigenvalue weighted by Gasteiger charge is 2.27. The van der Waals surface area contributed by atoms with Crippen molar-refractivity contribution in [2.24, 2.45) is 10.9 Å². The maximum absolute atomic E-state index is 13.6. The summed E-state index contributed by atoms with van der Waals surface area (Å²) in [7, 11) is 0. The Bertz CT molecular complexity index is 1680. The van der Waals surface area contributed by atoms with Gasteiger partial charge < -0.3 is 15.0 Å². The molecule has 1 aromatic carbocycles. The first-order valence-corrected chi connectivity index (χ1v) is 14.9. The van der Waals surface area contributed by atoms with Crippen molar-refractivity contribution in [2.45, 2.75) is 46.5 Å². The lowest BCUT2D eigenvalue weighted by molar-refractivity contribution is 0.102. The molecule has 6 rings (SSSR count). The molecular weight excluding hydrogens is 524 g/mol. The monoisotopic (exact) mass is 562 g/mol. The molecule has 1 saturated heterocycles. The number of hydrogen-bond donors (Lipinski definition) is 1. The average molecular weight is 563 g/mol. The molecule has 0 unspecified atom stereocenters. The molecule has 4 aromatic rings. The van der Waals surface area contributed by atoms with Crippen molar-refractivity contribution in [3.63, 3.8) is 0 Å². The number of rotatable bonds is 9. The zero-order valence-electron chi connectivity index (χ0n) is 24.7. The van der Waals surface area contributed by atoms with Gasteiger partial charge in [0.1, 0.15) is 5.82 Å². The van der Waals surface area contributed by atoms with Gasteiger partial charge in [-0.15, -0.1) is 0 Å². The first-order chi connectivity index (χ1) is 20.4. The topological polar surface area (TPSA) is 84.1 Å². The Kier molecular flexibility index (Phi) is 7.89. The van der Waals surface area contributed by atoms with Crippen LogP contribution in [-0.2, 0) is 4.74 Å². The van der Waals surface area contributed by atoms with E-state index in [-0.39, 0.29) is 5.91 Å². The van der Waals surface area contributed by atoms with Crippen LogP contribution in [0.4, 0.5) is 11.5 Å². The van der Waals surface area contributed by atoms with Crippen LogP contribution in [0.1, 0.15) is 59.8 Å². The second-order valence-electron chi connectivity index (χ2n) is 11.3. The third kappa shape index (κ3) is 5.85. The van der Waals surface area contributed by atoms with Crippen LogP contribution < -0.4 is 10.2 Å². The van der Waals surface area contributed by atoms with Crippen molar-refractivity contribution in [1.29, 1.82) is 0 Å². The molecule has 3 aromatic heterocycles. The number of ether oxygens (including phenoxy) is 1. The summed E-state index contributed by atoms with van der Waals surface area (Å²) in [4.78, 5) is 25.6. The van der Waals surface area contributed by atoms with Crippen molar-refractivity contribution >= 4 is 34.3 Å². The van der Waals surface area contributed by atoms with Crippen LogP contribution in [0.15, 0.2) is 66.4 Å². The second kappa shape index (κ2) is 11.9. The van der Waals surface area contributed by atoms with Crippen molar-refractivity contribution in [2.75, 3.05) is 36.5 Å². The van der Waals surface area contributed by atoms with Crippen LogP contribution >= 0.6 is 0 Å². The van der Waals surface area contributed by atoms with Gasteiger partial charge in [0.05, 0.1) is 36.2 Å². The number of pyridine rings is 2. The molecule has 8 nitrogen and oxygen atoms in total. The first kappa shape index (κ1) is 27.8. The molecule has 0 bridgehead atoms. The van der Waals surface area contributed by atoms with Crippen molar-refractivity contribution in [3.05, 3.63) is 83.8 Å². The number of carbonyl (C=O) groups is 1. The van der Waals surface area contributed by atoms with Crippen LogP contribution in [0.5, 0.6) is 0 Å². The molecular formula is C34H38N6O2. The number of amides is 1. The molecule has 216 valence electrons. The summed E-state index contributed by atoms with van der Waals surface area (Å²) in [6.45, 7) is 13.6. The van der Waals surface area contributed by atoms with E-state index in [1.807, 2.05) is 50.4 Å². The largest absolute Gasteiger partial charge is 0.378 e. The van der Waals surface area contributed by atoms with E-state index in [0.29, 0.717) is 11.5 Å². The Hall–Kier alpha value is -4.30. The lowest BCUT2D eigenvalue weighted by atomic mass is 10.0. The third-order valence-electron chi connectivity index (χ3n) is 8.14. The van der Waals surface area contributed by atoms with Gasteiger partial charge in [0, 0.05) is 47.5 Å². The average Bonchev–Trinajstić information content (AvgIpc) is 3.77. The van der Waals surface area contributed by atoms with Crippen LogP contribution in [0.2, 0.25) is 0 Å². The fraction of sp³-hybridized carbons (Fsp3) is 0.353. The molecule has 1 saturated carbocycles. The number of nitrogens with zero attached hydrogens (tertiary/aromatic N) is 5. The fourth-order valence-corrected chi connectivity index (χ4v) is 5.53. The summed E-state index contributed by atoms with van der Waals surface area (Å²) in [5.41, 5.74) is 8.81. The molecule has 0 atom stereocenters. The molecule has 0 spiro atoms. The van der Waals surface area contributed by atoms with Crippen molar-refractivity contribution in [3.8, 4) is 11.1 Å². The molecule has 1 amide bonds. The first-order valence-electron chi connectivity index (χ1n) is 14.9. The zero-order valence-corrected chi connectivity index (χ0v) is 24.7. The Balaban J connectivity index is 1.24. The maximum Gasteiger partial charge on any atom is 0.259 e. The molecule has 1 aliphatic carbocycles. The molecule has 4 heterocycles. The number of benzene rings is 1. The third-order valence-corrected chi connectivity index (χ3v) is 8.14. The van der Waals surface area contributed by atoms with Crippen LogP contribution in [0, 0.1) is 19.8 Å². The minimum Gasteiger partial charge on any atom is -0.378 e. The minimum absolute atomic E-state index is 0.210. The van der Waals surface area contributed by atoms with Crippen LogP contribution in [-0.4, -0.2) is 52.5 Å². The van der Waals surface area contributed by atoms with Crippen LogP contribution in [0.3, 0.4) is 0 Å². The quantitative estimate of drug-likeness (QED) is 0.229. The number of morpholine rings is 1. The van der Waals surface area contributed by atoms with E-state index < -0.39 is 0 Å². The standard InChI is InChI=1S/C34H38N6O2/c1-5-6-30(25-9-10-25)36-23(3)26-8-7-22(2)31(19-26)38-34(41)29-21-35-40-14-13-27(20-32(29)40)28-11-12-33(37-24(28)4)39-15-17-42-18-16-39/h7-8,11-14,19-21,25H,3,5-6,9-10,15-18H2,1-2,4H3,(H,38,41). The Morgan fingerprint density at radius 3 is 2.67 bits per heavy atom. The summed E-state index contributed by atoms with van der Waals surface area (Å²) < 4.78 is 7.21. The number of aryl methyl sites for hydroxylation is 2. The fourth-order valence-electron chi connectivity index (χ4n) is 5.53. The van der Waals surface area contributed by atoms with E-state index in [1.54, 1.807) is 10.7 Å². The Labute approximate surface area is 247 Å². The van der Waals surface area contributed by atoms with E-state index in [1.165, 1.54) is 18.6 Å². The van der Waals surface area contributed by atoms with Gasteiger partial charge in [0.15, 0.2) is 0 Å². The van der Waals surface area contributed by atoms with Gasteiger partial charge >= 0.3 is 0 Å². The highest BCUT2D eigenvalue weighted by molar-refractivity contribution is 6.09. The van der Waals surface area contributed by atoms with Gasteiger partial charge in [-0.3, -0.25) is 9.79 Å². The lowest BCUT2D eigenvalue weighted by Gasteiger charge is -2.28. The summed E-state index contributed by atoms with van der Waals surface area (Å²) in [5.74, 6) is 1.36. The van der Waals surface area contributed by atoms with Gasteiger partial charge in [0.25, 0.3) is 5.91 Å². The summed E-state index contributed by atoms with van der Waals surface area (Å²) >= 11 is 0. The minimum atomic E-state index is -0.210. The summed E-state index contributed by atoms with van der Waals surface area (Å²) in [5, 5.41) is 7.56. The number of hydrogen-bond acceptors (Lipinski definition) is 6. The van der Waals surface area contributed by atoms with Crippen molar-refractivity contribution in [1.82, 2.24) is 14.6 Å². The van der Waals surface area contributed by atoms with Gasteiger partial charge in [-0.25, -0.2) is 9.50 Å². The number of aliphatic imine (C=N–C) groups is 1. The maximum atomic E-state index is 13.6. The highest BCUT2D eigenvalue weighted by atomic mass is 16.5. The number of fused-ring (bicyclic) bond motifs is 1. The summed E-state index contributed by atoms with van der Waals surface area (Å²) in [6.07, 6.45) is 8.03. The van der Waals surface area contributed by atoms with Gasteiger partial charge in [0.2, 0.25) is 0 Å². The van der Waals surface area contributed by atoms with E-state index in [2.05, 4.69) is 41.0 Å². The van der Waals surface area contributed by atoms with Crippen LogP contribution in [0.25, 0.3) is 22.3 Å². The van der Waals surface area contributed by atoms with Gasteiger partial charge in [-0.1, -0.05) is 32.1 Å². The molecule has 0 radical (unpaired) electrons. The molecule has 1 N–H and O–H groups in total. The Morgan fingerprint density at radius 2 is 1.93 bits per heavy atom.